The van der Waals surface area contributed by atoms with Gasteiger partial charge in [0, 0.05) is 42.9 Å². The minimum absolute atomic E-state index is 0.190. The van der Waals surface area contributed by atoms with Crippen molar-refractivity contribution in [3.63, 3.8) is 0 Å². The van der Waals surface area contributed by atoms with Crippen LogP contribution in [0, 0.1) is 13.8 Å². The summed E-state index contributed by atoms with van der Waals surface area (Å²) < 4.78 is 4.48. The lowest BCUT2D eigenvalue weighted by atomic mass is 10.0. The van der Waals surface area contributed by atoms with E-state index < -0.39 is 0 Å². The van der Waals surface area contributed by atoms with Gasteiger partial charge in [-0.2, -0.15) is 0 Å². The lowest BCUT2D eigenvalue weighted by molar-refractivity contribution is 0.0678. The Morgan fingerprint density at radius 3 is 2.74 bits per heavy atom. The van der Waals surface area contributed by atoms with E-state index in [-0.39, 0.29) is 5.91 Å². The molecule has 1 unspecified atom stereocenters. The van der Waals surface area contributed by atoms with Crippen LogP contribution in [0.25, 0.3) is 0 Å². The summed E-state index contributed by atoms with van der Waals surface area (Å²) in [6.07, 6.45) is 10.3. The number of carbonyl (C=O) groups excluding carboxylic acids is 1. The number of nitrogens with zero attached hydrogens (tertiary/aromatic N) is 4. The van der Waals surface area contributed by atoms with Crippen LogP contribution in [0.3, 0.4) is 0 Å². The molecule has 1 aliphatic carbocycles. The van der Waals surface area contributed by atoms with Gasteiger partial charge in [0.2, 0.25) is 0 Å². The first kappa shape index (κ1) is 14.5. The van der Waals surface area contributed by atoms with Crippen LogP contribution in [0.2, 0.25) is 0 Å². The maximum Gasteiger partial charge on any atom is 0.255 e. The van der Waals surface area contributed by atoms with Crippen LogP contribution >= 0.6 is 0 Å². The third-order valence-corrected chi connectivity index (χ3v) is 5.26. The molecule has 122 valence electrons. The highest BCUT2D eigenvalue weighted by molar-refractivity contribution is 5.95. The Kier molecular flexibility index (Phi) is 3.51. The van der Waals surface area contributed by atoms with Crippen molar-refractivity contribution < 1.29 is 4.79 Å². The summed E-state index contributed by atoms with van der Waals surface area (Å²) in [7, 11) is 0. The third-order valence-electron chi connectivity index (χ3n) is 5.26. The molecule has 23 heavy (non-hydrogen) atoms. The Balaban J connectivity index is 1.56. The molecule has 2 aromatic heterocycles. The summed E-state index contributed by atoms with van der Waals surface area (Å²) in [5, 5.41) is 0. The van der Waals surface area contributed by atoms with Gasteiger partial charge in [-0.25, -0.2) is 4.98 Å². The van der Waals surface area contributed by atoms with Crippen molar-refractivity contribution in [3.8, 4) is 0 Å². The number of hydrogen-bond acceptors (Lipinski definition) is 2. The zero-order valence-corrected chi connectivity index (χ0v) is 13.9. The molecule has 0 radical (unpaired) electrons. The zero-order valence-electron chi connectivity index (χ0n) is 13.9. The fourth-order valence-electron chi connectivity index (χ4n) is 3.93. The van der Waals surface area contributed by atoms with E-state index in [9.17, 15) is 4.79 Å². The summed E-state index contributed by atoms with van der Waals surface area (Å²) in [4.78, 5) is 19.2. The van der Waals surface area contributed by atoms with E-state index in [1.165, 1.54) is 18.5 Å². The molecular formula is C18H24N4O. The number of aryl methyl sites for hydroxylation is 1. The van der Waals surface area contributed by atoms with Gasteiger partial charge >= 0.3 is 0 Å². The van der Waals surface area contributed by atoms with Crippen molar-refractivity contribution in [3.05, 3.63) is 41.7 Å². The van der Waals surface area contributed by atoms with Crippen molar-refractivity contribution in [1.29, 1.82) is 0 Å². The minimum atomic E-state index is 0.190. The Labute approximate surface area is 136 Å². The smallest absolute Gasteiger partial charge is 0.255 e. The molecule has 0 N–H and O–H groups in total. The van der Waals surface area contributed by atoms with Crippen molar-refractivity contribution in [2.45, 2.75) is 51.6 Å². The number of hydrogen-bond donors (Lipinski definition) is 0. The third kappa shape index (κ3) is 2.58. The average molecular weight is 312 g/mol. The molecule has 0 aromatic carbocycles. The number of likely N-dealkylation sites (tertiary alicyclic amines) is 1. The molecule has 1 amide bonds. The first-order chi connectivity index (χ1) is 11.1. The maximum atomic E-state index is 13.0. The summed E-state index contributed by atoms with van der Waals surface area (Å²) in [6, 6.07) is 3.05. The molecular weight excluding hydrogens is 288 g/mol. The average Bonchev–Trinajstić information content (AvgIpc) is 3.13. The molecule has 0 bridgehead atoms. The number of imidazole rings is 1. The van der Waals surface area contributed by atoms with Gasteiger partial charge < -0.3 is 14.0 Å². The topological polar surface area (TPSA) is 43.1 Å². The Morgan fingerprint density at radius 1 is 1.22 bits per heavy atom. The maximum absolute atomic E-state index is 13.0. The highest BCUT2D eigenvalue weighted by Crippen LogP contribution is 2.38. The monoisotopic (exact) mass is 312 g/mol. The number of amides is 1. The number of aromatic nitrogens is 3. The standard InChI is InChI=1S/C18H24N4O/c1-13-10-17(14(2)22(13)15-5-6-15)18(23)20-8-3-4-16(11-20)21-9-7-19-12-21/h7,9-10,12,15-16H,3-6,8,11H2,1-2H3. The second-order valence-electron chi connectivity index (χ2n) is 6.94. The van der Waals surface area contributed by atoms with Crippen LogP contribution in [0.4, 0.5) is 0 Å². The normalized spacial score (nSPS) is 21.7. The van der Waals surface area contributed by atoms with Gasteiger partial charge in [-0.1, -0.05) is 0 Å². The van der Waals surface area contributed by atoms with Crippen LogP contribution in [0.5, 0.6) is 0 Å². The van der Waals surface area contributed by atoms with Crippen LogP contribution in [-0.4, -0.2) is 38.0 Å². The fourth-order valence-corrected chi connectivity index (χ4v) is 3.93. The summed E-state index contributed by atoms with van der Waals surface area (Å²) >= 11 is 0. The van der Waals surface area contributed by atoms with E-state index in [4.69, 9.17) is 0 Å². The molecule has 4 rings (SSSR count). The predicted molar refractivity (Wildman–Crippen MR) is 88.6 cm³/mol. The van der Waals surface area contributed by atoms with E-state index >= 15 is 0 Å². The van der Waals surface area contributed by atoms with Crippen molar-refractivity contribution in [2.75, 3.05) is 13.1 Å². The molecule has 2 aliphatic rings. The van der Waals surface area contributed by atoms with Crippen LogP contribution in [0.1, 0.15) is 59.5 Å². The minimum Gasteiger partial charge on any atom is -0.345 e. The second-order valence-corrected chi connectivity index (χ2v) is 6.94. The summed E-state index contributed by atoms with van der Waals surface area (Å²) in [6.45, 7) is 5.85. The van der Waals surface area contributed by atoms with Gasteiger partial charge in [-0.3, -0.25) is 4.79 Å². The predicted octanol–water partition coefficient (Wildman–Crippen LogP) is 3.11. The highest BCUT2D eigenvalue weighted by atomic mass is 16.2. The fraction of sp³-hybridized carbons (Fsp3) is 0.556. The number of piperidine rings is 1. The quantitative estimate of drug-likeness (QED) is 0.874. The Bertz CT molecular complexity index is 712. The first-order valence-electron chi connectivity index (χ1n) is 8.60. The first-order valence-corrected chi connectivity index (χ1v) is 8.60. The lowest BCUT2D eigenvalue weighted by Gasteiger charge is -2.33. The van der Waals surface area contributed by atoms with E-state index in [0.29, 0.717) is 12.1 Å². The molecule has 1 atom stereocenters. The van der Waals surface area contributed by atoms with Crippen LogP contribution in [0.15, 0.2) is 24.8 Å². The van der Waals surface area contributed by atoms with Gasteiger partial charge in [0.25, 0.3) is 5.91 Å². The number of carbonyl (C=O) groups is 1. The molecule has 1 aliphatic heterocycles. The SMILES string of the molecule is Cc1cc(C(=O)N2CCCC(n3ccnc3)C2)c(C)n1C1CC1. The van der Waals surface area contributed by atoms with Crippen molar-refractivity contribution in [1.82, 2.24) is 19.0 Å². The van der Waals surface area contributed by atoms with Gasteiger partial charge in [0.1, 0.15) is 0 Å². The molecule has 3 heterocycles. The highest BCUT2D eigenvalue weighted by Gasteiger charge is 2.31. The van der Waals surface area contributed by atoms with Crippen LogP contribution < -0.4 is 0 Å². The number of rotatable bonds is 3. The zero-order chi connectivity index (χ0) is 16.0. The lowest BCUT2D eigenvalue weighted by Crippen LogP contribution is -2.40. The molecule has 2 fully saturated rings. The molecule has 5 heteroatoms. The van der Waals surface area contributed by atoms with Crippen molar-refractivity contribution in [2.24, 2.45) is 0 Å². The van der Waals surface area contributed by atoms with Gasteiger partial charge in [0.05, 0.1) is 17.9 Å². The molecule has 5 nitrogen and oxygen atoms in total. The van der Waals surface area contributed by atoms with Gasteiger partial charge in [-0.15, -0.1) is 0 Å². The summed E-state index contributed by atoms with van der Waals surface area (Å²) in [5.41, 5.74) is 3.25. The van der Waals surface area contributed by atoms with Gasteiger partial charge in [0.15, 0.2) is 0 Å². The van der Waals surface area contributed by atoms with E-state index in [0.717, 1.165) is 37.2 Å². The summed E-state index contributed by atoms with van der Waals surface area (Å²) in [5.74, 6) is 0.190. The van der Waals surface area contributed by atoms with E-state index in [1.54, 1.807) is 0 Å². The van der Waals surface area contributed by atoms with E-state index in [1.807, 2.05) is 23.6 Å². The Morgan fingerprint density at radius 2 is 2.04 bits per heavy atom. The molecule has 0 spiro atoms. The molecule has 1 saturated heterocycles. The Hall–Kier alpha value is -2.04. The second kappa shape index (κ2) is 5.55. The molecule has 1 saturated carbocycles. The van der Waals surface area contributed by atoms with Crippen molar-refractivity contribution >= 4 is 5.91 Å². The molecule has 2 aromatic rings. The largest absolute Gasteiger partial charge is 0.345 e. The van der Waals surface area contributed by atoms with Gasteiger partial charge in [-0.05, 0) is 45.6 Å². The van der Waals surface area contributed by atoms with E-state index in [2.05, 4.69) is 34.0 Å². The van der Waals surface area contributed by atoms with Crippen LogP contribution in [-0.2, 0) is 0 Å².